The SMILES string of the molecule is CCNC(=O)COC(=O)c1ccc(OCC(C)C)c(OCC)c1. The topological polar surface area (TPSA) is 73.9 Å². The van der Waals surface area contributed by atoms with Crippen LogP contribution in [-0.4, -0.2) is 38.2 Å². The van der Waals surface area contributed by atoms with Crippen LogP contribution in [0, 0.1) is 5.92 Å². The molecule has 0 radical (unpaired) electrons. The molecule has 0 saturated heterocycles. The number of ether oxygens (including phenoxy) is 3. The lowest BCUT2D eigenvalue weighted by atomic mass is 10.2. The molecule has 6 heteroatoms. The van der Waals surface area contributed by atoms with Gasteiger partial charge in [0.25, 0.3) is 5.91 Å². The standard InChI is InChI=1S/C17H25NO5/c1-5-18-16(19)11-23-17(20)13-7-8-14(22-10-12(3)4)15(9-13)21-6-2/h7-9,12H,5-6,10-11H2,1-4H3,(H,18,19). The van der Waals surface area contributed by atoms with Crippen LogP contribution >= 0.6 is 0 Å². The summed E-state index contributed by atoms with van der Waals surface area (Å²) in [5.41, 5.74) is 0.314. The summed E-state index contributed by atoms with van der Waals surface area (Å²) >= 11 is 0. The highest BCUT2D eigenvalue weighted by Gasteiger charge is 2.14. The van der Waals surface area contributed by atoms with E-state index >= 15 is 0 Å². The van der Waals surface area contributed by atoms with Crippen molar-refractivity contribution in [1.82, 2.24) is 5.32 Å². The van der Waals surface area contributed by atoms with Crippen LogP contribution in [-0.2, 0) is 9.53 Å². The fourth-order valence-electron chi connectivity index (χ4n) is 1.74. The van der Waals surface area contributed by atoms with E-state index < -0.39 is 5.97 Å². The maximum atomic E-state index is 12.0. The molecule has 0 aromatic heterocycles. The summed E-state index contributed by atoms with van der Waals surface area (Å²) in [6.45, 7) is 8.95. The summed E-state index contributed by atoms with van der Waals surface area (Å²) in [5.74, 6) is 0.544. The molecule has 1 rings (SSSR count). The highest BCUT2D eigenvalue weighted by molar-refractivity contribution is 5.92. The summed E-state index contributed by atoms with van der Waals surface area (Å²) < 4.78 is 16.2. The molecule has 1 N–H and O–H groups in total. The van der Waals surface area contributed by atoms with Crippen molar-refractivity contribution in [3.63, 3.8) is 0 Å². The third-order valence-corrected chi connectivity index (χ3v) is 2.76. The number of hydrogen-bond donors (Lipinski definition) is 1. The Morgan fingerprint density at radius 2 is 1.87 bits per heavy atom. The van der Waals surface area contributed by atoms with E-state index in [2.05, 4.69) is 5.32 Å². The zero-order valence-corrected chi connectivity index (χ0v) is 14.2. The Bertz CT molecular complexity index is 528. The van der Waals surface area contributed by atoms with Gasteiger partial charge in [0.1, 0.15) is 0 Å². The first kappa shape index (κ1) is 18.8. The molecule has 1 amide bonds. The normalized spacial score (nSPS) is 10.3. The van der Waals surface area contributed by atoms with E-state index in [0.717, 1.165) is 0 Å². The van der Waals surface area contributed by atoms with Crippen molar-refractivity contribution in [3.8, 4) is 11.5 Å². The monoisotopic (exact) mass is 323 g/mol. The van der Waals surface area contributed by atoms with Crippen LogP contribution in [0.1, 0.15) is 38.1 Å². The zero-order chi connectivity index (χ0) is 17.2. The minimum atomic E-state index is -0.576. The Morgan fingerprint density at radius 1 is 1.13 bits per heavy atom. The molecule has 1 aromatic carbocycles. The van der Waals surface area contributed by atoms with E-state index in [0.29, 0.717) is 42.7 Å². The van der Waals surface area contributed by atoms with Crippen molar-refractivity contribution in [2.45, 2.75) is 27.7 Å². The quantitative estimate of drug-likeness (QED) is 0.707. The Labute approximate surface area is 137 Å². The minimum Gasteiger partial charge on any atom is -0.490 e. The van der Waals surface area contributed by atoms with Gasteiger partial charge < -0.3 is 19.5 Å². The number of hydrogen-bond acceptors (Lipinski definition) is 5. The van der Waals surface area contributed by atoms with Crippen LogP contribution in [0.3, 0.4) is 0 Å². The fourth-order valence-corrected chi connectivity index (χ4v) is 1.74. The van der Waals surface area contributed by atoms with Crippen LogP contribution in [0.5, 0.6) is 11.5 Å². The lowest BCUT2D eigenvalue weighted by Crippen LogP contribution is -2.28. The molecule has 0 aliphatic rings. The number of carbonyl (C=O) groups excluding carboxylic acids is 2. The van der Waals surface area contributed by atoms with Gasteiger partial charge in [-0.15, -0.1) is 0 Å². The largest absolute Gasteiger partial charge is 0.490 e. The first-order chi connectivity index (χ1) is 11.0. The molecule has 0 unspecified atom stereocenters. The number of benzene rings is 1. The number of carbonyl (C=O) groups is 2. The molecule has 0 atom stereocenters. The van der Waals surface area contributed by atoms with Crippen molar-refractivity contribution in [2.24, 2.45) is 5.92 Å². The third-order valence-electron chi connectivity index (χ3n) is 2.76. The zero-order valence-electron chi connectivity index (χ0n) is 14.2. The average molecular weight is 323 g/mol. The van der Waals surface area contributed by atoms with E-state index in [4.69, 9.17) is 14.2 Å². The number of rotatable bonds is 9. The average Bonchev–Trinajstić information content (AvgIpc) is 2.51. The van der Waals surface area contributed by atoms with Gasteiger partial charge in [0.2, 0.25) is 0 Å². The summed E-state index contributed by atoms with van der Waals surface area (Å²) in [5, 5.41) is 2.56. The fraction of sp³-hybridized carbons (Fsp3) is 0.529. The van der Waals surface area contributed by atoms with Gasteiger partial charge in [0.05, 0.1) is 18.8 Å². The smallest absolute Gasteiger partial charge is 0.338 e. The van der Waals surface area contributed by atoms with Gasteiger partial charge in [-0.2, -0.15) is 0 Å². The predicted molar refractivity (Wildman–Crippen MR) is 86.9 cm³/mol. The van der Waals surface area contributed by atoms with Gasteiger partial charge in [-0.3, -0.25) is 4.79 Å². The van der Waals surface area contributed by atoms with Crippen molar-refractivity contribution < 1.29 is 23.8 Å². The maximum absolute atomic E-state index is 12.0. The number of likely N-dealkylation sites (N-methyl/N-ethyl adjacent to an activating group) is 1. The van der Waals surface area contributed by atoms with Crippen molar-refractivity contribution >= 4 is 11.9 Å². The molecule has 0 fully saturated rings. The molecule has 0 bridgehead atoms. The van der Waals surface area contributed by atoms with E-state index in [1.165, 1.54) is 0 Å². The van der Waals surface area contributed by atoms with Gasteiger partial charge >= 0.3 is 5.97 Å². The van der Waals surface area contributed by atoms with Gasteiger partial charge in [-0.25, -0.2) is 4.79 Å². The van der Waals surface area contributed by atoms with Crippen molar-refractivity contribution in [1.29, 1.82) is 0 Å². The molecule has 128 valence electrons. The Balaban J connectivity index is 2.77. The van der Waals surface area contributed by atoms with Gasteiger partial charge in [0.15, 0.2) is 18.1 Å². The lowest BCUT2D eigenvalue weighted by Gasteiger charge is -2.14. The second kappa shape index (κ2) is 9.71. The van der Waals surface area contributed by atoms with Crippen molar-refractivity contribution in [2.75, 3.05) is 26.4 Å². The maximum Gasteiger partial charge on any atom is 0.338 e. The summed E-state index contributed by atoms with van der Waals surface area (Å²) in [4.78, 5) is 23.3. The molecule has 0 aliphatic heterocycles. The van der Waals surface area contributed by atoms with Crippen LogP contribution in [0.25, 0.3) is 0 Å². The van der Waals surface area contributed by atoms with Gasteiger partial charge in [0, 0.05) is 6.54 Å². The molecular weight excluding hydrogens is 298 g/mol. The van der Waals surface area contributed by atoms with Crippen LogP contribution in [0.4, 0.5) is 0 Å². The lowest BCUT2D eigenvalue weighted by molar-refractivity contribution is -0.124. The van der Waals surface area contributed by atoms with Crippen LogP contribution < -0.4 is 14.8 Å². The second-order valence-electron chi connectivity index (χ2n) is 5.33. The van der Waals surface area contributed by atoms with E-state index in [1.54, 1.807) is 25.1 Å². The molecule has 0 saturated carbocycles. The van der Waals surface area contributed by atoms with E-state index in [-0.39, 0.29) is 12.5 Å². The first-order valence-corrected chi connectivity index (χ1v) is 7.81. The molecule has 6 nitrogen and oxygen atoms in total. The summed E-state index contributed by atoms with van der Waals surface area (Å²) in [7, 11) is 0. The first-order valence-electron chi connectivity index (χ1n) is 7.81. The molecule has 23 heavy (non-hydrogen) atoms. The number of nitrogens with one attached hydrogen (secondary N) is 1. The van der Waals surface area contributed by atoms with Crippen LogP contribution in [0.15, 0.2) is 18.2 Å². The Hall–Kier alpha value is -2.24. The Kier molecular flexibility index (Phi) is 7.94. The molecule has 0 heterocycles. The van der Waals surface area contributed by atoms with Crippen LogP contribution in [0.2, 0.25) is 0 Å². The highest BCUT2D eigenvalue weighted by atomic mass is 16.5. The second-order valence-corrected chi connectivity index (χ2v) is 5.33. The Morgan fingerprint density at radius 3 is 2.48 bits per heavy atom. The number of amides is 1. The highest BCUT2D eigenvalue weighted by Crippen LogP contribution is 2.29. The molecule has 0 spiro atoms. The van der Waals surface area contributed by atoms with E-state index in [1.807, 2.05) is 20.8 Å². The summed E-state index contributed by atoms with van der Waals surface area (Å²) in [6.07, 6.45) is 0. The van der Waals surface area contributed by atoms with E-state index in [9.17, 15) is 9.59 Å². The minimum absolute atomic E-state index is 0.303. The van der Waals surface area contributed by atoms with Crippen molar-refractivity contribution in [3.05, 3.63) is 23.8 Å². The molecule has 0 aliphatic carbocycles. The molecule has 1 aromatic rings. The third kappa shape index (κ3) is 6.59. The predicted octanol–water partition coefficient (Wildman–Crippen LogP) is 2.41. The van der Waals surface area contributed by atoms with Gasteiger partial charge in [-0.05, 0) is 38.0 Å². The molecular formula is C17H25NO5. The van der Waals surface area contributed by atoms with Gasteiger partial charge in [-0.1, -0.05) is 13.8 Å². The number of esters is 1. The summed E-state index contributed by atoms with van der Waals surface area (Å²) in [6, 6.07) is 4.84.